The molecule has 0 fully saturated rings. The fourth-order valence-corrected chi connectivity index (χ4v) is 1.52. The Morgan fingerprint density at radius 1 is 1.56 bits per heavy atom. The summed E-state index contributed by atoms with van der Waals surface area (Å²) in [5.74, 6) is 0.0279. The van der Waals surface area contributed by atoms with Crippen LogP contribution in [-0.4, -0.2) is 35.2 Å². The van der Waals surface area contributed by atoms with E-state index >= 15 is 0 Å². The summed E-state index contributed by atoms with van der Waals surface area (Å²) in [7, 11) is 1.51. The third-order valence-electron chi connectivity index (χ3n) is 2.30. The van der Waals surface area contributed by atoms with Crippen molar-refractivity contribution in [3.8, 4) is 0 Å². The third-order valence-corrected chi connectivity index (χ3v) is 2.30. The molecule has 0 spiro atoms. The van der Waals surface area contributed by atoms with Gasteiger partial charge in [-0.3, -0.25) is 14.9 Å². The predicted octanol–water partition coefficient (Wildman–Crippen LogP) is 0.729. The molecular formula is C10H10N4O4. The van der Waals surface area contributed by atoms with E-state index in [1.165, 1.54) is 19.2 Å². The number of pyridine rings is 1. The lowest BCUT2D eigenvalue weighted by atomic mass is 10.3. The first-order chi connectivity index (χ1) is 8.61. The SMILES string of the molecule is COCC1=NN(c2ccc([N+](=O)[O-])cn2)C(=O)C1. The highest BCUT2D eigenvalue weighted by atomic mass is 16.6. The maximum absolute atomic E-state index is 11.7. The molecule has 18 heavy (non-hydrogen) atoms. The van der Waals surface area contributed by atoms with Crippen molar-refractivity contribution in [3.63, 3.8) is 0 Å². The van der Waals surface area contributed by atoms with Crippen LogP contribution in [-0.2, 0) is 9.53 Å². The molecule has 0 N–H and O–H groups in total. The van der Waals surface area contributed by atoms with E-state index in [2.05, 4.69) is 10.1 Å². The van der Waals surface area contributed by atoms with Crippen molar-refractivity contribution in [2.24, 2.45) is 5.10 Å². The minimum Gasteiger partial charge on any atom is -0.379 e. The molecule has 0 saturated heterocycles. The van der Waals surface area contributed by atoms with Crippen LogP contribution in [0, 0.1) is 10.1 Å². The summed E-state index contributed by atoms with van der Waals surface area (Å²) in [6, 6.07) is 2.66. The molecule has 1 amide bonds. The average Bonchev–Trinajstić information content (AvgIpc) is 2.71. The van der Waals surface area contributed by atoms with Crippen LogP contribution in [0.4, 0.5) is 11.5 Å². The number of carbonyl (C=O) groups is 1. The molecule has 1 aromatic rings. The lowest BCUT2D eigenvalue weighted by Gasteiger charge is -2.09. The molecule has 1 aromatic heterocycles. The van der Waals surface area contributed by atoms with Crippen LogP contribution in [0.1, 0.15) is 6.42 Å². The monoisotopic (exact) mass is 250 g/mol. The first-order valence-corrected chi connectivity index (χ1v) is 5.10. The first-order valence-electron chi connectivity index (χ1n) is 5.10. The van der Waals surface area contributed by atoms with E-state index in [0.29, 0.717) is 5.71 Å². The van der Waals surface area contributed by atoms with Gasteiger partial charge in [0.25, 0.3) is 11.6 Å². The highest BCUT2D eigenvalue weighted by Crippen LogP contribution is 2.20. The summed E-state index contributed by atoms with van der Waals surface area (Å²) >= 11 is 0. The number of hydrogen-bond donors (Lipinski definition) is 0. The van der Waals surface area contributed by atoms with Crippen molar-refractivity contribution >= 4 is 23.1 Å². The Hall–Kier alpha value is -2.35. The van der Waals surface area contributed by atoms with Gasteiger partial charge in [0.1, 0.15) is 6.20 Å². The van der Waals surface area contributed by atoms with Gasteiger partial charge in [-0.25, -0.2) is 4.98 Å². The number of nitro groups is 1. The quantitative estimate of drug-likeness (QED) is 0.579. The summed E-state index contributed by atoms with van der Waals surface area (Å²) < 4.78 is 4.89. The minimum absolute atomic E-state index is 0.133. The number of hydrogen-bond acceptors (Lipinski definition) is 6. The summed E-state index contributed by atoms with van der Waals surface area (Å²) in [6.07, 6.45) is 1.26. The molecule has 1 aliphatic heterocycles. The van der Waals surface area contributed by atoms with E-state index < -0.39 is 4.92 Å². The molecule has 0 radical (unpaired) electrons. The van der Waals surface area contributed by atoms with Gasteiger partial charge in [0, 0.05) is 13.2 Å². The number of carbonyl (C=O) groups excluding carboxylic acids is 1. The zero-order valence-corrected chi connectivity index (χ0v) is 9.57. The van der Waals surface area contributed by atoms with E-state index in [1.54, 1.807) is 0 Å². The topological polar surface area (TPSA) is 97.9 Å². The molecule has 0 aliphatic carbocycles. The summed E-state index contributed by atoms with van der Waals surface area (Å²) in [5, 5.41) is 15.6. The standard InChI is InChI=1S/C10H10N4O4/c1-18-6-7-4-10(15)13(12-7)9-3-2-8(5-11-9)14(16)17/h2-3,5H,4,6H2,1H3. The molecule has 8 nitrogen and oxygen atoms in total. The zero-order chi connectivity index (χ0) is 13.1. The lowest BCUT2D eigenvalue weighted by Crippen LogP contribution is -2.20. The van der Waals surface area contributed by atoms with Crippen LogP contribution >= 0.6 is 0 Å². The van der Waals surface area contributed by atoms with Gasteiger partial charge in [-0.15, -0.1) is 0 Å². The number of ether oxygens (including phenoxy) is 1. The smallest absolute Gasteiger partial charge is 0.287 e. The van der Waals surface area contributed by atoms with E-state index in [-0.39, 0.29) is 30.4 Å². The number of aromatic nitrogens is 1. The first kappa shape index (κ1) is 12.1. The fourth-order valence-electron chi connectivity index (χ4n) is 1.52. The van der Waals surface area contributed by atoms with E-state index in [0.717, 1.165) is 11.2 Å². The van der Waals surface area contributed by atoms with Crippen LogP contribution in [0.25, 0.3) is 0 Å². The Kier molecular flexibility index (Phi) is 3.28. The van der Waals surface area contributed by atoms with E-state index in [4.69, 9.17) is 4.74 Å². The number of amides is 1. The minimum atomic E-state index is -0.553. The second-order valence-electron chi connectivity index (χ2n) is 3.61. The number of methoxy groups -OCH3 is 1. The number of hydrazone groups is 1. The van der Waals surface area contributed by atoms with E-state index in [9.17, 15) is 14.9 Å². The summed E-state index contributed by atoms with van der Waals surface area (Å²) in [5.41, 5.74) is 0.467. The van der Waals surface area contributed by atoms with Crippen LogP contribution < -0.4 is 5.01 Å². The zero-order valence-electron chi connectivity index (χ0n) is 9.57. The van der Waals surface area contributed by atoms with Crippen LogP contribution in [0.2, 0.25) is 0 Å². The van der Waals surface area contributed by atoms with E-state index in [1.807, 2.05) is 0 Å². The third kappa shape index (κ3) is 2.33. The Bertz CT molecular complexity index is 511. The highest BCUT2D eigenvalue weighted by Gasteiger charge is 2.26. The highest BCUT2D eigenvalue weighted by molar-refractivity contribution is 6.13. The number of anilines is 1. The second-order valence-corrected chi connectivity index (χ2v) is 3.61. The molecule has 1 aliphatic rings. The predicted molar refractivity (Wildman–Crippen MR) is 62.3 cm³/mol. The van der Waals surface area contributed by atoms with Gasteiger partial charge in [-0.2, -0.15) is 10.1 Å². The van der Waals surface area contributed by atoms with Crippen molar-refractivity contribution in [2.75, 3.05) is 18.7 Å². The molecule has 2 heterocycles. The van der Waals surface area contributed by atoms with Crippen molar-refractivity contribution in [2.45, 2.75) is 6.42 Å². The molecule has 0 unspecified atom stereocenters. The van der Waals surface area contributed by atoms with Gasteiger partial charge in [-0.1, -0.05) is 0 Å². The Labute approximate surface area is 102 Å². The Balaban J connectivity index is 2.21. The van der Waals surface area contributed by atoms with Gasteiger partial charge >= 0.3 is 0 Å². The molecule has 0 atom stereocenters. The molecule has 0 bridgehead atoms. The summed E-state index contributed by atoms with van der Waals surface area (Å²) in [4.78, 5) is 25.4. The Morgan fingerprint density at radius 2 is 2.33 bits per heavy atom. The fraction of sp³-hybridized carbons (Fsp3) is 0.300. The lowest BCUT2D eigenvalue weighted by molar-refractivity contribution is -0.385. The number of rotatable bonds is 4. The average molecular weight is 250 g/mol. The largest absolute Gasteiger partial charge is 0.379 e. The van der Waals surface area contributed by atoms with Crippen LogP contribution in [0.5, 0.6) is 0 Å². The van der Waals surface area contributed by atoms with Gasteiger partial charge < -0.3 is 4.74 Å². The van der Waals surface area contributed by atoms with Crippen LogP contribution in [0.15, 0.2) is 23.4 Å². The van der Waals surface area contributed by atoms with Crippen molar-refractivity contribution in [1.29, 1.82) is 0 Å². The normalized spacial score (nSPS) is 14.8. The molecule has 2 rings (SSSR count). The van der Waals surface area contributed by atoms with Crippen molar-refractivity contribution < 1.29 is 14.5 Å². The second kappa shape index (κ2) is 4.88. The Morgan fingerprint density at radius 3 is 2.89 bits per heavy atom. The van der Waals surface area contributed by atoms with Gasteiger partial charge in [-0.05, 0) is 6.07 Å². The maximum atomic E-state index is 11.7. The van der Waals surface area contributed by atoms with Crippen LogP contribution in [0.3, 0.4) is 0 Å². The molecule has 94 valence electrons. The molecule has 0 aromatic carbocycles. The summed E-state index contributed by atoms with van der Waals surface area (Å²) in [6.45, 7) is 0.273. The number of nitrogens with zero attached hydrogens (tertiary/aromatic N) is 4. The van der Waals surface area contributed by atoms with Gasteiger partial charge in [0.05, 0.1) is 23.7 Å². The van der Waals surface area contributed by atoms with Gasteiger partial charge in [0.15, 0.2) is 5.82 Å². The molecule has 8 heteroatoms. The molecule has 0 saturated carbocycles. The van der Waals surface area contributed by atoms with Crippen molar-refractivity contribution in [3.05, 3.63) is 28.4 Å². The van der Waals surface area contributed by atoms with Gasteiger partial charge in [0.2, 0.25) is 0 Å². The maximum Gasteiger partial charge on any atom is 0.287 e. The molecular weight excluding hydrogens is 240 g/mol. The van der Waals surface area contributed by atoms with Crippen molar-refractivity contribution in [1.82, 2.24) is 4.98 Å².